The summed E-state index contributed by atoms with van der Waals surface area (Å²) in [6, 6.07) is 16.4. The van der Waals surface area contributed by atoms with Gasteiger partial charge in [0, 0.05) is 11.8 Å². The minimum atomic E-state index is 0.131. The molecule has 0 aliphatic carbocycles. The minimum Gasteiger partial charge on any atom is -0.494 e. The van der Waals surface area contributed by atoms with E-state index >= 15 is 0 Å². The summed E-state index contributed by atoms with van der Waals surface area (Å²) in [5, 5.41) is 0. The second-order valence-corrected chi connectivity index (χ2v) is 5.86. The molecule has 0 N–H and O–H groups in total. The first-order chi connectivity index (χ1) is 11.3. The summed E-state index contributed by atoms with van der Waals surface area (Å²) in [5.41, 5.74) is 2.34. The molecule has 3 heteroatoms. The third-order valence-corrected chi connectivity index (χ3v) is 3.93. The third-order valence-electron chi connectivity index (χ3n) is 3.62. The highest BCUT2D eigenvalue weighted by Crippen LogP contribution is 2.30. The fourth-order valence-electron chi connectivity index (χ4n) is 2.45. The molecule has 0 aliphatic heterocycles. The molecule has 0 heterocycles. The van der Waals surface area contributed by atoms with Crippen LogP contribution in [0.1, 0.15) is 43.7 Å². The molecule has 0 atom stereocenters. The van der Waals surface area contributed by atoms with Gasteiger partial charge in [0.15, 0.2) is 0 Å². The average Bonchev–Trinajstić information content (AvgIpc) is 2.59. The Morgan fingerprint density at radius 3 is 1.70 bits per heavy atom. The lowest BCUT2D eigenvalue weighted by atomic mass is 9.92. The van der Waals surface area contributed by atoms with Gasteiger partial charge in [0.05, 0.1) is 13.2 Å². The Hall–Kier alpha value is -1.67. The molecular formula is C20H25ClO2. The van der Waals surface area contributed by atoms with E-state index in [4.69, 9.17) is 21.1 Å². The normalized spacial score (nSPS) is 10.8. The maximum atomic E-state index is 6.27. The Kier molecular flexibility index (Phi) is 7.28. The van der Waals surface area contributed by atoms with Gasteiger partial charge in [-0.25, -0.2) is 0 Å². The summed E-state index contributed by atoms with van der Waals surface area (Å²) in [4.78, 5) is 0. The Labute approximate surface area is 144 Å². The van der Waals surface area contributed by atoms with Gasteiger partial charge in [0.1, 0.15) is 11.5 Å². The van der Waals surface area contributed by atoms with Crippen LogP contribution in [0, 0.1) is 0 Å². The van der Waals surface area contributed by atoms with E-state index < -0.39 is 0 Å². The van der Waals surface area contributed by atoms with E-state index in [9.17, 15) is 0 Å². The van der Waals surface area contributed by atoms with Crippen molar-refractivity contribution in [1.82, 2.24) is 0 Å². The van der Waals surface area contributed by atoms with Crippen LogP contribution in [0.25, 0.3) is 0 Å². The number of rotatable bonds is 9. The van der Waals surface area contributed by atoms with Gasteiger partial charge in [-0.05, 0) is 48.2 Å². The fraction of sp³-hybridized carbons (Fsp3) is 0.400. The third kappa shape index (κ3) is 5.18. The van der Waals surface area contributed by atoms with Crippen LogP contribution in [-0.4, -0.2) is 19.1 Å². The lowest BCUT2D eigenvalue weighted by Gasteiger charge is -2.17. The zero-order valence-electron chi connectivity index (χ0n) is 13.9. The molecule has 0 bridgehead atoms. The van der Waals surface area contributed by atoms with Crippen LogP contribution in [0.5, 0.6) is 11.5 Å². The molecule has 0 saturated carbocycles. The first-order valence-electron chi connectivity index (χ1n) is 8.30. The van der Waals surface area contributed by atoms with Crippen molar-refractivity contribution in [2.75, 3.05) is 19.1 Å². The number of halogens is 1. The molecule has 2 aromatic rings. The second-order valence-electron chi connectivity index (χ2n) is 5.55. The van der Waals surface area contributed by atoms with Crippen LogP contribution in [-0.2, 0) is 0 Å². The molecule has 0 saturated heterocycles. The number of ether oxygens (including phenoxy) is 2. The predicted molar refractivity (Wildman–Crippen MR) is 97.0 cm³/mol. The maximum absolute atomic E-state index is 6.27. The highest BCUT2D eigenvalue weighted by atomic mass is 35.5. The van der Waals surface area contributed by atoms with E-state index in [-0.39, 0.29) is 5.92 Å². The molecule has 0 aliphatic rings. The second kappa shape index (κ2) is 9.46. The number of hydrogen-bond acceptors (Lipinski definition) is 2. The fourth-order valence-corrected chi connectivity index (χ4v) is 2.81. The number of hydrogen-bond donors (Lipinski definition) is 0. The van der Waals surface area contributed by atoms with Gasteiger partial charge in [-0.1, -0.05) is 38.1 Å². The van der Waals surface area contributed by atoms with Crippen molar-refractivity contribution in [3.8, 4) is 11.5 Å². The van der Waals surface area contributed by atoms with Crippen LogP contribution >= 0.6 is 11.6 Å². The quantitative estimate of drug-likeness (QED) is 0.554. The van der Waals surface area contributed by atoms with Gasteiger partial charge in [-0.3, -0.25) is 0 Å². The van der Waals surface area contributed by atoms with Crippen molar-refractivity contribution < 1.29 is 9.47 Å². The summed E-state index contributed by atoms with van der Waals surface area (Å²) in [6.45, 7) is 5.67. The van der Waals surface area contributed by atoms with Gasteiger partial charge in [-0.2, -0.15) is 0 Å². The predicted octanol–water partition coefficient (Wildman–Crippen LogP) is 5.63. The molecule has 124 valence electrons. The zero-order valence-corrected chi connectivity index (χ0v) is 14.7. The summed E-state index contributed by atoms with van der Waals surface area (Å²) < 4.78 is 11.5. The smallest absolute Gasteiger partial charge is 0.119 e. The van der Waals surface area contributed by atoms with Crippen LogP contribution in [0.15, 0.2) is 48.5 Å². The molecule has 0 fully saturated rings. The standard InChI is InChI=1S/C20H25ClO2/c1-3-11-22-18-9-5-7-16(13-18)20(15-21)17-8-6-10-19(14-17)23-12-4-2/h5-10,13-14,20H,3-4,11-12,15H2,1-2H3. The summed E-state index contributed by atoms with van der Waals surface area (Å²) >= 11 is 6.27. The Bertz CT molecular complexity index is 546. The lowest BCUT2D eigenvalue weighted by molar-refractivity contribution is 0.316. The van der Waals surface area contributed by atoms with Crippen molar-refractivity contribution in [1.29, 1.82) is 0 Å². The molecule has 2 nitrogen and oxygen atoms in total. The van der Waals surface area contributed by atoms with Crippen LogP contribution in [0.3, 0.4) is 0 Å². The SMILES string of the molecule is CCCOc1cccc(C(CCl)c2cccc(OCCC)c2)c1. The van der Waals surface area contributed by atoms with Crippen LogP contribution < -0.4 is 9.47 Å². The molecule has 0 spiro atoms. The zero-order chi connectivity index (χ0) is 16.5. The molecular weight excluding hydrogens is 308 g/mol. The number of benzene rings is 2. The Morgan fingerprint density at radius 1 is 0.826 bits per heavy atom. The van der Waals surface area contributed by atoms with Crippen molar-refractivity contribution in [2.45, 2.75) is 32.6 Å². The van der Waals surface area contributed by atoms with Gasteiger partial charge >= 0.3 is 0 Å². The maximum Gasteiger partial charge on any atom is 0.119 e. The van der Waals surface area contributed by atoms with Gasteiger partial charge in [-0.15, -0.1) is 11.6 Å². The van der Waals surface area contributed by atoms with E-state index in [2.05, 4.69) is 38.1 Å². The molecule has 2 rings (SSSR count). The summed E-state index contributed by atoms with van der Waals surface area (Å²) in [6.07, 6.45) is 2.00. The van der Waals surface area contributed by atoms with E-state index in [0.717, 1.165) is 37.6 Å². The van der Waals surface area contributed by atoms with E-state index in [1.54, 1.807) is 0 Å². The molecule has 0 unspecified atom stereocenters. The summed E-state index contributed by atoms with van der Waals surface area (Å²) in [7, 11) is 0. The molecule has 0 amide bonds. The van der Waals surface area contributed by atoms with E-state index in [1.807, 2.05) is 24.3 Å². The highest BCUT2D eigenvalue weighted by molar-refractivity contribution is 6.18. The number of alkyl halides is 1. The van der Waals surface area contributed by atoms with Crippen LogP contribution in [0.4, 0.5) is 0 Å². The van der Waals surface area contributed by atoms with Crippen molar-refractivity contribution in [3.63, 3.8) is 0 Å². The first kappa shape index (κ1) is 17.7. The highest BCUT2D eigenvalue weighted by Gasteiger charge is 2.14. The Morgan fingerprint density at radius 2 is 1.30 bits per heavy atom. The topological polar surface area (TPSA) is 18.5 Å². The first-order valence-corrected chi connectivity index (χ1v) is 8.83. The largest absolute Gasteiger partial charge is 0.494 e. The van der Waals surface area contributed by atoms with E-state index in [1.165, 1.54) is 11.1 Å². The minimum absolute atomic E-state index is 0.131. The van der Waals surface area contributed by atoms with Crippen molar-refractivity contribution >= 4 is 11.6 Å². The lowest BCUT2D eigenvalue weighted by Crippen LogP contribution is -2.04. The molecule has 0 aromatic heterocycles. The Balaban J connectivity index is 2.21. The molecule has 23 heavy (non-hydrogen) atoms. The van der Waals surface area contributed by atoms with Crippen molar-refractivity contribution in [3.05, 3.63) is 59.7 Å². The summed E-state index contributed by atoms with van der Waals surface area (Å²) in [5.74, 6) is 2.46. The van der Waals surface area contributed by atoms with Gasteiger partial charge in [0.25, 0.3) is 0 Å². The van der Waals surface area contributed by atoms with Crippen LogP contribution in [0.2, 0.25) is 0 Å². The molecule has 0 radical (unpaired) electrons. The average molecular weight is 333 g/mol. The van der Waals surface area contributed by atoms with Gasteiger partial charge in [0.2, 0.25) is 0 Å². The molecule has 2 aromatic carbocycles. The van der Waals surface area contributed by atoms with Gasteiger partial charge < -0.3 is 9.47 Å². The van der Waals surface area contributed by atoms with Crippen molar-refractivity contribution in [2.24, 2.45) is 0 Å². The van der Waals surface area contributed by atoms with E-state index in [0.29, 0.717) is 5.88 Å². The monoisotopic (exact) mass is 332 g/mol.